The molecule has 92 valence electrons. The molecule has 0 N–H and O–H groups in total. The van der Waals surface area contributed by atoms with Gasteiger partial charge in [-0.05, 0) is 24.0 Å². The van der Waals surface area contributed by atoms with Crippen molar-refractivity contribution in [3.8, 4) is 11.5 Å². The van der Waals surface area contributed by atoms with Crippen molar-refractivity contribution in [3.63, 3.8) is 0 Å². The van der Waals surface area contributed by atoms with Crippen LogP contribution in [0.4, 0.5) is 0 Å². The van der Waals surface area contributed by atoms with E-state index in [9.17, 15) is 0 Å². The second-order valence-electron chi connectivity index (χ2n) is 4.10. The van der Waals surface area contributed by atoms with Gasteiger partial charge in [-0.3, -0.25) is 0 Å². The lowest BCUT2D eigenvalue weighted by Gasteiger charge is -2.09. The molecule has 0 amide bonds. The fourth-order valence-electron chi connectivity index (χ4n) is 1.61. The summed E-state index contributed by atoms with van der Waals surface area (Å²) in [5.41, 5.74) is 1.16. The molecule has 0 saturated carbocycles. The third-order valence-corrected chi connectivity index (χ3v) is 2.53. The smallest absolute Gasteiger partial charge is 0.123 e. The SMILES string of the molecule is BCCOc1cccc(OCc2ccccc2)c1. The van der Waals surface area contributed by atoms with Crippen molar-refractivity contribution in [2.75, 3.05) is 6.61 Å². The van der Waals surface area contributed by atoms with Crippen LogP contribution in [0.3, 0.4) is 0 Å². The molecule has 18 heavy (non-hydrogen) atoms. The van der Waals surface area contributed by atoms with Crippen molar-refractivity contribution in [1.82, 2.24) is 0 Å². The van der Waals surface area contributed by atoms with E-state index in [0.29, 0.717) is 6.61 Å². The zero-order valence-corrected chi connectivity index (χ0v) is 10.6. The topological polar surface area (TPSA) is 18.5 Å². The predicted molar refractivity (Wildman–Crippen MR) is 76.1 cm³/mol. The van der Waals surface area contributed by atoms with Crippen molar-refractivity contribution < 1.29 is 9.47 Å². The van der Waals surface area contributed by atoms with Crippen molar-refractivity contribution in [1.29, 1.82) is 0 Å². The second kappa shape index (κ2) is 6.75. The number of rotatable bonds is 6. The van der Waals surface area contributed by atoms with Gasteiger partial charge in [-0.25, -0.2) is 0 Å². The zero-order valence-electron chi connectivity index (χ0n) is 10.6. The van der Waals surface area contributed by atoms with Crippen LogP contribution in [-0.2, 0) is 6.61 Å². The van der Waals surface area contributed by atoms with Gasteiger partial charge in [-0.15, -0.1) is 0 Å². The Morgan fingerprint density at radius 1 is 0.833 bits per heavy atom. The van der Waals surface area contributed by atoms with Gasteiger partial charge in [-0.1, -0.05) is 36.4 Å². The summed E-state index contributed by atoms with van der Waals surface area (Å²) in [6.45, 7) is 1.32. The molecule has 2 rings (SSSR count). The molecule has 2 aromatic rings. The summed E-state index contributed by atoms with van der Waals surface area (Å²) in [6, 6.07) is 17.9. The molecular formula is C15H17BO2. The van der Waals surface area contributed by atoms with Crippen LogP contribution in [0.5, 0.6) is 11.5 Å². The monoisotopic (exact) mass is 240 g/mol. The van der Waals surface area contributed by atoms with E-state index in [0.717, 1.165) is 30.0 Å². The van der Waals surface area contributed by atoms with Gasteiger partial charge in [0.2, 0.25) is 0 Å². The highest BCUT2D eigenvalue weighted by Crippen LogP contribution is 2.20. The van der Waals surface area contributed by atoms with E-state index in [-0.39, 0.29) is 0 Å². The first-order valence-electron chi connectivity index (χ1n) is 6.28. The Bertz CT molecular complexity index is 471. The van der Waals surface area contributed by atoms with E-state index in [4.69, 9.17) is 9.47 Å². The standard InChI is InChI=1S/C15H17BO2/c16-9-10-17-14-7-4-8-15(11-14)18-12-13-5-2-1-3-6-13/h1-8,11H,9-10,12,16H2. The van der Waals surface area contributed by atoms with E-state index in [1.807, 2.05) is 42.5 Å². The van der Waals surface area contributed by atoms with E-state index in [1.54, 1.807) is 0 Å². The normalized spacial score (nSPS) is 10.0. The minimum absolute atomic E-state index is 0.581. The van der Waals surface area contributed by atoms with Gasteiger partial charge in [0, 0.05) is 6.07 Å². The molecule has 0 fully saturated rings. The molecule has 0 aliphatic heterocycles. The predicted octanol–water partition coefficient (Wildman–Crippen LogP) is 2.70. The van der Waals surface area contributed by atoms with Crippen LogP contribution in [0.2, 0.25) is 6.32 Å². The van der Waals surface area contributed by atoms with Crippen molar-refractivity contribution >= 4 is 7.85 Å². The maximum atomic E-state index is 5.73. The maximum absolute atomic E-state index is 5.73. The molecular weight excluding hydrogens is 223 g/mol. The van der Waals surface area contributed by atoms with E-state index in [1.165, 1.54) is 0 Å². The van der Waals surface area contributed by atoms with Gasteiger partial charge < -0.3 is 9.47 Å². The first-order chi connectivity index (χ1) is 8.88. The fraction of sp³-hybridized carbons (Fsp3) is 0.200. The molecule has 0 aliphatic carbocycles. The molecule has 3 heteroatoms. The summed E-state index contributed by atoms with van der Waals surface area (Å²) in [4.78, 5) is 0. The molecule has 0 atom stereocenters. The highest BCUT2D eigenvalue weighted by atomic mass is 16.5. The van der Waals surface area contributed by atoms with Gasteiger partial charge in [0.25, 0.3) is 0 Å². The van der Waals surface area contributed by atoms with Crippen LogP contribution < -0.4 is 9.47 Å². The summed E-state index contributed by atoms with van der Waals surface area (Å²) in [5.74, 6) is 1.70. The number of hydrogen-bond donors (Lipinski definition) is 0. The van der Waals surface area contributed by atoms with Crippen LogP contribution in [0, 0.1) is 0 Å². The molecule has 0 bridgehead atoms. The summed E-state index contributed by atoms with van der Waals surface area (Å²) in [7, 11) is 2.09. The Labute approximate surface area is 109 Å². The van der Waals surface area contributed by atoms with E-state index in [2.05, 4.69) is 20.0 Å². The van der Waals surface area contributed by atoms with Crippen molar-refractivity contribution in [2.24, 2.45) is 0 Å². The third-order valence-electron chi connectivity index (χ3n) is 2.53. The number of ether oxygens (including phenoxy) is 2. The molecule has 0 spiro atoms. The van der Waals surface area contributed by atoms with Gasteiger partial charge >= 0.3 is 0 Å². The van der Waals surface area contributed by atoms with E-state index >= 15 is 0 Å². The number of benzene rings is 2. The van der Waals surface area contributed by atoms with Gasteiger partial charge in [0.05, 0.1) is 6.61 Å². The molecule has 0 radical (unpaired) electrons. The van der Waals surface area contributed by atoms with Crippen molar-refractivity contribution in [3.05, 3.63) is 60.2 Å². The van der Waals surface area contributed by atoms with Crippen LogP contribution in [0.25, 0.3) is 0 Å². The minimum Gasteiger partial charge on any atom is -0.494 e. The Morgan fingerprint density at radius 2 is 1.56 bits per heavy atom. The Hall–Kier alpha value is -1.90. The van der Waals surface area contributed by atoms with Gasteiger partial charge in [0.1, 0.15) is 26.0 Å². The lowest BCUT2D eigenvalue weighted by atomic mass is 10.1. The highest BCUT2D eigenvalue weighted by molar-refractivity contribution is 6.08. The fourth-order valence-corrected chi connectivity index (χ4v) is 1.61. The molecule has 2 nitrogen and oxygen atoms in total. The first kappa shape index (κ1) is 12.6. The van der Waals surface area contributed by atoms with Crippen LogP contribution in [0.15, 0.2) is 54.6 Å². The lowest BCUT2D eigenvalue weighted by molar-refractivity contribution is 0.299. The minimum atomic E-state index is 0.581. The second-order valence-corrected chi connectivity index (χ2v) is 4.10. The molecule has 0 aliphatic rings. The number of hydrogen-bond acceptors (Lipinski definition) is 2. The van der Waals surface area contributed by atoms with Gasteiger partial charge in [0.15, 0.2) is 0 Å². The lowest BCUT2D eigenvalue weighted by Crippen LogP contribution is -1.98. The molecule has 0 heterocycles. The average Bonchev–Trinajstić information content (AvgIpc) is 2.44. The summed E-state index contributed by atoms with van der Waals surface area (Å²) in [5, 5.41) is 0. The highest BCUT2D eigenvalue weighted by Gasteiger charge is 1.98. The largest absolute Gasteiger partial charge is 0.494 e. The van der Waals surface area contributed by atoms with Gasteiger partial charge in [-0.2, -0.15) is 0 Å². The Kier molecular flexibility index (Phi) is 4.71. The van der Waals surface area contributed by atoms with Crippen LogP contribution in [0.1, 0.15) is 5.56 Å². The maximum Gasteiger partial charge on any atom is 0.123 e. The Balaban J connectivity index is 1.93. The molecule has 0 aromatic heterocycles. The molecule has 0 saturated heterocycles. The molecule has 0 unspecified atom stereocenters. The molecule has 2 aromatic carbocycles. The first-order valence-corrected chi connectivity index (χ1v) is 6.28. The summed E-state index contributed by atoms with van der Waals surface area (Å²) >= 11 is 0. The third kappa shape index (κ3) is 3.84. The van der Waals surface area contributed by atoms with Crippen molar-refractivity contribution in [2.45, 2.75) is 12.9 Å². The Morgan fingerprint density at radius 3 is 2.28 bits per heavy atom. The summed E-state index contributed by atoms with van der Waals surface area (Å²) in [6.07, 6.45) is 1.01. The average molecular weight is 240 g/mol. The van der Waals surface area contributed by atoms with Crippen LogP contribution >= 0.6 is 0 Å². The quantitative estimate of drug-likeness (QED) is 0.722. The van der Waals surface area contributed by atoms with Crippen LogP contribution in [-0.4, -0.2) is 14.5 Å². The summed E-state index contributed by atoms with van der Waals surface area (Å²) < 4.78 is 11.3. The zero-order chi connectivity index (χ0) is 12.6. The van der Waals surface area contributed by atoms with E-state index < -0.39 is 0 Å².